The van der Waals surface area contributed by atoms with E-state index in [9.17, 15) is 35.9 Å². The number of aryl methyl sites for hydroxylation is 1. The largest absolute Gasteiger partial charge is 0.490 e. The number of amides is 2. The van der Waals surface area contributed by atoms with Crippen LogP contribution in [0.5, 0.6) is 5.75 Å². The van der Waals surface area contributed by atoms with Gasteiger partial charge in [-0.2, -0.15) is 26.3 Å². The molecule has 1 aromatic heterocycles. The van der Waals surface area contributed by atoms with Gasteiger partial charge in [-0.15, -0.1) is 0 Å². The van der Waals surface area contributed by atoms with Gasteiger partial charge < -0.3 is 25.6 Å². The number of nitrogens with zero attached hydrogens (tertiary/aromatic N) is 1. The second-order valence-corrected chi connectivity index (χ2v) is 9.18. The van der Waals surface area contributed by atoms with Crippen molar-refractivity contribution >= 4 is 34.7 Å². The minimum absolute atomic E-state index is 0.285. The van der Waals surface area contributed by atoms with Gasteiger partial charge >= 0.3 is 24.3 Å². The van der Waals surface area contributed by atoms with Gasteiger partial charge in [0.25, 0.3) is 5.91 Å². The highest BCUT2D eigenvalue weighted by atomic mass is 19.4. The molecule has 45 heavy (non-hydrogen) atoms. The van der Waals surface area contributed by atoms with E-state index in [1.54, 1.807) is 29.7 Å². The van der Waals surface area contributed by atoms with Crippen LogP contribution in [0.25, 0.3) is 10.9 Å². The lowest BCUT2D eigenvalue weighted by Gasteiger charge is -2.18. The van der Waals surface area contributed by atoms with E-state index in [1.165, 1.54) is 0 Å². The molecule has 1 aliphatic rings. The summed E-state index contributed by atoms with van der Waals surface area (Å²) in [4.78, 5) is 46.6. The molecule has 18 heteroatoms. The summed E-state index contributed by atoms with van der Waals surface area (Å²) in [5.41, 5.74) is 5.02. The SMILES string of the molecule is Cc1cc(COc2ccc(C(=O)N[C@@H]3CNC[C@H]3C(=O)NO)cc2)c2ccccc2n1.O=C(O)C(F)(F)F.O=C(O)C(F)(F)F. The van der Waals surface area contributed by atoms with Crippen molar-refractivity contribution in [1.29, 1.82) is 0 Å². The normalized spacial score (nSPS) is 15.9. The molecule has 1 aliphatic heterocycles. The number of carboxylic acid groups (broad SMARTS) is 2. The van der Waals surface area contributed by atoms with Crippen molar-refractivity contribution in [3.05, 3.63) is 71.4 Å². The number of rotatable bonds is 6. The first-order valence-electron chi connectivity index (χ1n) is 12.6. The van der Waals surface area contributed by atoms with Gasteiger partial charge in [-0.05, 0) is 43.3 Å². The molecule has 0 spiro atoms. The molecule has 0 bridgehead atoms. The van der Waals surface area contributed by atoms with Crippen molar-refractivity contribution in [1.82, 2.24) is 21.1 Å². The highest BCUT2D eigenvalue weighted by molar-refractivity contribution is 5.95. The number of carbonyl (C=O) groups excluding carboxylic acids is 2. The van der Waals surface area contributed by atoms with Crippen molar-refractivity contribution in [2.24, 2.45) is 5.92 Å². The number of hydrogen-bond donors (Lipinski definition) is 6. The fourth-order valence-electron chi connectivity index (χ4n) is 3.82. The zero-order valence-electron chi connectivity index (χ0n) is 23.1. The first-order chi connectivity index (χ1) is 20.9. The van der Waals surface area contributed by atoms with Crippen LogP contribution in [0.3, 0.4) is 0 Å². The Labute approximate surface area is 250 Å². The number of para-hydroxylation sites is 1. The van der Waals surface area contributed by atoms with Crippen LogP contribution in [0, 0.1) is 12.8 Å². The number of halogens is 6. The van der Waals surface area contributed by atoms with Crippen molar-refractivity contribution in [3.8, 4) is 5.75 Å². The fraction of sp³-hybridized carbons (Fsp3) is 0.296. The predicted molar refractivity (Wildman–Crippen MR) is 142 cm³/mol. The lowest BCUT2D eigenvalue weighted by atomic mass is 10.0. The van der Waals surface area contributed by atoms with Crippen LogP contribution < -0.4 is 20.9 Å². The Kier molecular flexibility index (Phi) is 12.6. The fourth-order valence-corrected chi connectivity index (χ4v) is 3.82. The van der Waals surface area contributed by atoms with Crippen molar-refractivity contribution in [3.63, 3.8) is 0 Å². The Morgan fingerprint density at radius 3 is 2.02 bits per heavy atom. The van der Waals surface area contributed by atoms with Gasteiger partial charge in [0.2, 0.25) is 5.91 Å². The third-order valence-electron chi connectivity index (χ3n) is 5.90. The number of ether oxygens (including phenoxy) is 1. The maximum Gasteiger partial charge on any atom is 0.490 e. The molecule has 0 radical (unpaired) electrons. The van der Waals surface area contributed by atoms with Crippen LogP contribution in [-0.4, -0.2) is 75.6 Å². The smallest absolute Gasteiger partial charge is 0.489 e. The molecule has 6 N–H and O–H groups in total. The van der Waals surface area contributed by atoms with Gasteiger partial charge in [0.1, 0.15) is 12.4 Å². The van der Waals surface area contributed by atoms with Crippen molar-refractivity contribution < 1.29 is 65.7 Å². The number of hydroxylamine groups is 1. The number of carboxylic acids is 2. The highest BCUT2D eigenvalue weighted by Gasteiger charge is 2.39. The van der Waals surface area contributed by atoms with Crippen molar-refractivity contribution in [2.45, 2.75) is 31.9 Å². The van der Waals surface area contributed by atoms with Crippen molar-refractivity contribution in [2.75, 3.05) is 13.1 Å². The number of alkyl halides is 6. The molecule has 0 unspecified atom stereocenters. The van der Waals surface area contributed by atoms with Gasteiger partial charge in [-0.1, -0.05) is 18.2 Å². The first-order valence-corrected chi connectivity index (χ1v) is 12.6. The zero-order chi connectivity index (χ0) is 33.9. The highest BCUT2D eigenvalue weighted by Crippen LogP contribution is 2.21. The number of fused-ring (bicyclic) bond motifs is 1. The molecule has 2 amide bonds. The summed E-state index contributed by atoms with van der Waals surface area (Å²) in [5.74, 6) is -6.19. The summed E-state index contributed by atoms with van der Waals surface area (Å²) in [7, 11) is 0. The number of aliphatic carboxylic acids is 2. The molecule has 1 fully saturated rings. The van der Waals surface area contributed by atoms with E-state index in [2.05, 4.69) is 15.6 Å². The van der Waals surface area contributed by atoms with E-state index in [-0.39, 0.29) is 5.91 Å². The lowest BCUT2D eigenvalue weighted by molar-refractivity contribution is -0.193. The molecule has 12 nitrogen and oxygen atoms in total. The average molecular weight is 649 g/mol. The van der Waals surface area contributed by atoms with E-state index >= 15 is 0 Å². The third-order valence-corrected chi connectivity index (χ3v) is 5.90. The molecule has 2 aromatic carbocycles. The maximum absolute atomic E-state index is 12.6. The molecule has 244 valence electrons. The number of pyridine rings is 1. The van der Waals surface area contributed by atoms with Crippen LogP contribution in [0.2, 0.25) is 0 Å². The Morgan fingerprint density at radius 2 is 1.49 bits per heavy atom. The predicted octanol–water partition coefficient (Wildman–Crippen LogP) is 3.21. The van der Waals surface area contributed by atoms with E-state index in [0.29, 0.717) is 31.0 Å². The quantitative estimate of drug-likeness (QED) is 0.132. The molecular weight excluding hydrogens is 622 g/mol. The number of aromatic nitrogens is 1. The maximum atomic E-state index is 12.6. The monoisotopic (exact) mass is 648 g/mol. The Hall–Kier alpha value is -4.97. The zero-order valence-corrected chi connectivity index (χ0v) is 23.1. The van der Waals surface area contributed by atoms with Crippen LogP contribution >= 0.6 is 0 Å². The van der Waals surface area contributed by atoms with Gasteiger partial charge in [0.15, 0.2) is 0 Å². The summed E-state index contributed by atoms with van der Waals surface area (Å²) >= 11 is 0. The number of nitrogens with one attached hydrogen (secondary N) is 3. The van der Waals surface area contributed by atoms with Crippen LogP contribution in [0.4, 0.5) is 26.3 Å². The summed E-state index contributed by atoms with van der Waals surface area (Å²) in [6.07, 6.45) is -10.2. The summed E-state index contributed by atoms with van der Waals surface area (Å²) < 4.78 is 69.4. The molecule has 0 saturated carbocycles. The molecule has 3 aromatic rings. The molecule has 4 rings (SSSR count). The number of carbonyl (C=O) groups is 4. The number of hydrogen-bond acceptors (Lipinski definition) is 8. The average Bonchev–Trinajstić information content (AvgIpc) is 3.43. The standard InChI is InChI=1S/C23H24N4O4.2C2HF3O2/c1-14-10-16(18-4-2-3-5-20(18)25-14)13-31-17-8-6-15(7-9-17)22(28)26-21-12-24-11-19(21)23(29)27-30;2*3-2(4,5)1(6)7/h2-10,19,21,24,30H,11-13H2,1H3,(H,26,28)(H,27,29);2*(H,6,7)/t19-,21-;;/m1../s1. The second-order valence-electron chi connectivity index (χ2n) is 9.18. The Balaban J connectivity index is 0.000000421. The first kappa shape index (κ1) is 36.2. The third kappa shape index (κ3) is 11.2. The van der Waals surface area contributed by atoms with Gasteiger partial charge in [-0.3, -0.25) is 19.8 Å². The Bertz CT molecular complexity index is 1480. The topological polar surface area (TPSA) is 187 Å². The molecule has 2 atom stereocenters. The van der Waals surface area contributed by atoms with E-state index in [0.717, 1.165) is 22.2 Å². The summed E-state index contributed by atoms with van der Waals surface area (Å²) in [6, 6.07) is 16.4. The number of benzene rings is 2. The minimum Gasteiger partial charge on any atom is -0.489 e. The minimum atomic E-state index is -5.08. The van der Waals surface area contributed by atoms with Gasteiger partial charge in [0, 0.05) is 35.3 Å². The molecule has 0 aliphatic carbocycles. The van der Waals surface area contributed by atoms with E-state index in [1.807, 2.05) is 37.3 Å². The second kappa shape index (κ2) is 15.7. The van der Waals surface area contributed by atoms with E-state index < -0.39 is 42.2 Å². The molecule has 1 saturated heterocycles. The van der Waals surface area contributed by atoms with E-state index in [4.69, 9.17) is 29.7 Å². The van der Waals surface area contributed by atoms with Gasteiger partial charge in [-0.25, -0.2) is 15.1 Å². The summed E-state index contributed by atoms with van der Waals surface area (Å²) in [5, 5.41) is 30.0. The lowest BCUT2D eigenvalue weighted by Crippen LogP contribution is -2.45. The van der Waals surface area contributed by atoms with Crippen LogP contribution in [-0.2, 0) is 21.0 Å². The summed E-state index contributed by atoms with van der Waals surface area (Å²) in [6.45, 7) is 3.21. The Morgan fingerprint density at radius 1 is 0.933 bits per heavy atom. The van der Waals surface area contributed by atoms with Crippen LogP contribution in [0.1, 0.15) is 21.6 Å². The van der Waals surface area contributed by atoms with Gasteiger partial charge in [0.05, 0.1) is 17.5 Å². The molecular formula is C27H26F6N4O8. The van der Waals surface area contributed by atoms with Crippen LogP contribution in [0.15, 0.2) is 54.6 Å². The molecule has 2 heterocycles.